The lowest BCUT2D eigenvalue weighted by Gasteiger charge is -2.29. The van der Waals surface area contributed by atoms with E-state index >= 15 is 0 Å². The molecule has 1 atom stereocenters. The van der Waals surface area contributed by atoms with Crippen molar-refractivity contribution >= 4 is 5.91 Å². The maximum atomic E-state index is 11.8. The Morgan fingerprint density at radius 2 is 1.94 bits per heavy atom. The monoisotopic (exact) mass is 226 g/mol. The van der Waals surface area contributed by atoms with Crippen LogP contribution in [0.15, 0.2) is 0 Å². The minimum Gasteiger partial charge on any atom is -0.353 e. The van der Waals surface area contributed by atoms with Crippen molar-refractivity contribution in [3.63, 3.8) is 0 Å². The number of carbonyl (C=O) groups excluding carboxylic acids is 1. The van der Waals surface area contributed by atoms with E-state index in [2.05, 4.69) is 17.6 Å². The molecular formula is C13H26N2O. The van der Waals surface area contributed by atoms with Crippen LogP contribution < -0.4 is 10.6 Å². The Kier molecular flexibility index (Phi) is 5.81. The number of hydrogen-bond acceptors (Lipinski definition) is 2. The van der Waals surface area contributed by atoms with Gasteiger partial charge in [-0.15, -0.1) is 0 Å². The van der Waals surface area contributed by atoms with Gasteiger partial charge in [0.15, 0.2) is 0 Å². The van der Waals surface area contributed by atoms with Crippen LogP contribution in [0, 0.1) is 11.8 Å². The predicted molar refractivity (Wildman–Crippen MR) is 67.3 cm³/mol. The van der Waals surface area contributed by atoms with Gasteiger partial charge in [-0.1, -0.05) is 20.3 Å². The van der Waals surface area contributed by atoms with Gasteiger partial charge >= 0.3 is 0 Å². The summed E-state index contributed by atoms with van der Waals surface area (Å²) in [5, 5.41) is 6.21. The Morgan fingerprint density at radius 1 is 1.31 bits per heavy atom. The fourth-order valence-electron chi connectivity index (χ4n) is 2.46. The molecule has 1 unspecified atom stereocenters. The maximum Gasteiger partial charge on any atom is 0.224 e. The highest BCUT2D eigenvalue weighted by molar-refractivity contribution is 5.78. The molecule has 0 bridgehead atoms. The van der Waals surface area contributed by atoms with Crippen LogP contribution in [0.1, 0.15) is 46.0 Å². The zero-order chi connectivity index (χ0) is 12.0. The molecule has 94 valence electrons. The van der Waals surface area contributed by atoms with Gasteiger partial charge in [-0.05, 0) is 38.6 Å². The molecule has 1 aliphatic carbocycles. The van der Waals surface area contributed by atoms with E-state index in [0.29, 0.717) is 6.04 Å². The normalized spacial score (nSPS) is 27.4. The second-order valence-electron chi connectivity index (χ2n) is 5.09. The topological polar surface area (TPSA) is 41.1 Å². The zero-order valence-corrected chi connectivity index (χ0v) is 10.9. The molecule has 3 nitrogen and oxygen atoms in total. The second-order valence-corrected chi connectivity index (χ2v) is 5.09. The first-order valence-electron chi connectivity index (χ1n) is 6.62. The summed E-state index contributed by atoms with van der Waals surface area (Å²) in [6.45, 7) is 5.00. The fourth-order valence-corrected chi connectivity index (χ4v) is 2.46. The summed E-state index contributed by atoms with van der Waals surface area (Å²) in [4.78, 5) is 11.8. The summed E-state index contributed by atoms with van der Waals surface area (Å²) in [6, 6.07) is 0.426. The standard InChI is InChI=1S/C13H26N2O/c1-4-11-5-7-12(8-6-11)15-13(16)10(2)9-14-3/h10-12,14H,4-9H2,1-3H3,(H,15,16). The molecule has 0 aromatic carbocycles. The van der Waals surface area contributed by atoms with Gasteiger partial charge < -0.3 is 10.6 Å². The van der Waals surface area contributed by atoms with E-state index < -0.39 is 0 Å². The Bertz CT molecular complexity index is 210. The summed E-state index contributed by atoms with van der Waals surface area (Å²) in [7, 11) is 1.89. The third-order valence-electron chi connectivity index (χ3n) is 3.73. The van der Waals surface area contributed by atoms with Crippen molar-refractivity contribution in [3.8, 4) is 0 Å². The maximum absolute atomic E-state index is 11.8. The van der Waals surface area contributed by atoms with E-state index in [1.54, 1.807) is 0 Å². The van der Waals surface area contributed by atoms with E-state index in [-0.39, 0.29) is 11.8 Å². The van der Waals surface area contributed by atoms with E-state index in [1.807, 2.05) is 14.0 Å². The Labute approximate surface area is 99.4 Å². The zero-order valence-electron chi connectivity index (χ0n) is 10.9. The molecule has 1 aliphatic rings. The number of hydrogen-bond donors (Lipinski definition) is 2. The number of amides is 1. The average molecular weight is 226 g/mol. The van der Waals surface area contributed by atoms with Gasteiger partial charge in [0, 0.05) is 18.5 Å². The van der Waals surface area contributed by atoms with E-state index in [4.69, 9.17) is 0 Å². The van der Waals surface area contributed by atoms with Gasteiger partial charge in [-0.2, -0.15) is 0 Å². The number of carbonyl (C=O) groups is 1. The molecule has 0 spiro atoms. The SMILES string of the molecule is CCC1CCC(NC(=O)C(C)CNC)CC1. The molecule has 0 aromatic heterocycles. The summed E-state index contributed by atoms with van der Waals surface area (Å²) in [6.07, 6.45) is 6.17. The van der Waals surface area contributed by atoms with E-state index in [1.165, 1.54) is 19.3 Å². The molecule has 1 rings (SSSR count). The minimum atomic E-state index is 0.0777. The van der Waals surface area contributed by atoms with Crippen molar-refractivity contribution in [3.05, 3.63) is 0 Å². The largest absolute Gasteiger partial charge is 0.353 e. The molecule has 0 aliphatic heterocycles. The molecular weight excluding hydrogens is 200 g/mol. The van der Waals surface area contributed by atoms with Crippen molar-refractivity contribution < 1.29 is 4.79 Å². The van der Waals surface area contributed by atoms with Crippen molar-refractivity contribution in [1.82, 2.24) is 10.6 Å². The Morgan fingerprint density at radius 3 is 2.44 bits per heavy atom. The summed E-state index contributed by atoms with van der Waals surface area (Å²) in [5.74, 6) is 1.17. The first kappa shape index (κ1) is 13.5. The quantitative estimate of drug-likeness (QED) is 0.752. The lowest BCUT2D eigenvalue weighted by atomic mass is 9.84. The van der Waals surface area contributed by atoms with Gasteiger partial charge in [-0.25, -0.2) is 0 Å². The van der Waals surface area contributed by atoms with Gasteiger partial charge in [0.25, 0.3) is 0 Å². The van der Waals surface area contributed by atoms with Crippen LogP contribution in [0.2, 0.25) is 0 Å². The minimum absolute atomic E-state index is 0.0777. The molecule has 0 aromatic rings. The van der Waals surface area contributed by atoms with Crippen molar-refractivity contribution in [2.75, 3.05) is 13.6 Å². The second kappa shape index (κ2) is 6.89. The molecule has 2 N–H and O–H groups in total. The van der Waals surface area contributed by atoms with Crippen molar-refractivity contribution in [2.45, 2.75) is 52.0 Å². The molecule has 0 radical (unpaired) electrons. The lowest BCUT2D eigenvalue weighted by Crippen LogP contribution is -2.42. The molecule has 1 fully saturated rings. The highest BCUT2D eigenvalue weighted by atomic mass is 16.1. The molecule has 3 heteroatoms. The Balaban J connectivity index is 2.25. The first-order chi connectivity index (χ1) is 7.67. The van der Waals surface area contributed by atoms with Gasteiger partial charge in [-0.3, -0.25) is 4.79 Å². The van der Waals surface area contributed by atoms with Crippen molar-refractivity contribution in [2.24, 2.45) is 11.8 Å². The summed E-state index contributed by atoms with van der Waals surface area (Å²) < 4.78 is 0. The Hall–Kier alpha value is -0.570. The highest BCUT2D eigenvalue weighted by Gasteiger charge is 2.22. The smallest absolute Gasteiger partial charge is 0.224 e. The molecule has 0 saturated heterocycles. The first-order valence-corrected chi connectivity index (χ1v) is 6.62. The van der Waals surface area contributed by atoms with Crippen LogP contribution in [-0.4, -0.2) is 25.5 Å². The van der Waals surface area contributed by atoms with Gasteiger partial charge in [0.1, 0.15) is 0 Å². The molecule has 16 heavy (non-hydrogen) atoms. The van der Waals surface area contributed by atoms with Crippen LogP contribution >= 0.6 is 0 Å². The van der Waals surface area contributed by atoms with Crippen LogP contribution in [0.5, 0.6) is 0 Å². The fraction of sp³-hybridized carbons (Fsp3) is 0.923. The van der Waals surface area contributed by atoms with Gasteiger partial charge in [0.2, 0.25) is 5.91 Å². The highest BCUT2D eigenvalue weighted by Crippen LogP contribution is 2.26. The third kappa shape index (κ3) is 4.12. The molecule has 0 heterocycles. The van der Waals surface area contributed by atoms with Gasteiger partial charge in [0.05, 0.1) is 0 Å². The number of nitrogens with one attached hydrogen (secondary N) is 2. The van der Waals surface area contributed by atoms with E-state index in [0.717, 1.165) is 25.3 Å². The summed E-state index contributed by atoms with van der Waals surface area (Å²) in [5.41, 5.74) is 0. The molecule has 1 amide bonds. The van der Waals surface area contributed by atoms with Crippen LogP contribution in [0.4, 0.5) is 0 Å². The third-order valence-corrected chi connectivity index (χ3v) is 3.73. The van der Waals surface area contributed by atoms with Crippen LogP contribution in [-0.2, 0) is 4.79 Å². The van der Waals surface area contributed by atoms with Crippen molar-refractivity contribution in [1.29, 1.82) is 0 Å². The van der Waals surface area contributed by atoms with E-state index in [9.17, 15) is 4.79 Å². The van der Waals surface area contributed by atoms with Crippen LogP contribution in [0.3, 0.4) is 0 Å². The lowest BCUT2D eigenvalue weighted by molar-refractivity contribution is -0.125. The predicted octanol–water partition coefficient (Wildman–Crippen LogP) is 1.93. The molecule has 1 saturated carbocycles. The average Bonchev–Trinajstić information content (AvgIpc) is 2.30. The summed E-state index contributed by atoms with van der Waals surface area (Å²) >= 11 is 0. The number of rotatable bonds is 5. The van der Waals surface area contributed by atoms with Crippen LogP contribution in [0.25, 0.3) is 0 Å².